The number of carboxylic acid groups (broad SMARTS) is 1. The molecule has 11 heteroatoms. The minimum Gasteiger partial charge on any atom is -0.480 e. The van der Waals surface area contributed by atoms with E-state index >= 15 is 0 Å². The second-order valence-electron chi connectivity index (χ2n) is 8.55. The fraction of sp³-hybridized carbons (Fsp3) is 0.107. The van der Waals surface area contributed by atoms with Crippen molar-refractivity contribution in [3.63, 3.8) is 0 Å². The average Bonchev–Trinajstić information content (AvgIpc) is 2.93. The summed E-state index contributed by atoms with van der Waals surface area (Å²) in [5, 5.41) is 15.2. The highest BCUT2D eigenvalue weighted by Gasteiger charge is 2.27. The van der Waals surface area contributed by atoms with Crippen LogP contribution in [0, 0.1) is 0 Å². The minimum absolute atomic E-state index is 0.000830. The summed E-state index contributed by atoms with van der Waals surface area (Å²) in [5.41, 5.74) is 3.62. The third-order valence-corrected chi connectivity index (χ3v) is 7.70. The molecule has 3 aromatic carbocycles. The number of nitrogens with one attached hydrogen (secondary N) is 3. The normalized spacial score (nSPS) is 11.9. The Kier molecular flexibility index (Phi) is 8.92. The van der Waals surface area contributed by atoms with Crippen LogP contribution in [0.5, 0.6) is 0 Å². The number of hydrogen-bond acceptors (Lipinski definition) is 5. The Hall–Kier alpha value is -4.25. The summed E-state index contributed by atoms with van der Waals surface area (Å²) in [4.78, 5) is 28.1. The predicted molar refractivity (Wildman–Crippen MR) is 149 cm³/mol. The summed E-state index contributed by atoms with van der Waals surface area (Å²) in [6.45, 7) is 0.291. The monoisotopic (exact) mass is 564 g/mol. The lowest BCUT2D eigenvalue weighted by Crippen LogP contribution is -2.42. The van der Waals surface area contributed by atoms with Crippen LogP contribution in [0.15, 0.2) is 102 Å². The number of nitrogens with zero attached hydrogens (tertiary/aromatic N) is 1. The molecule has 1 atom stereocenters. The van der Waals surface area contributed by atoms with Gasteiger partial charge in [-0.15, -0.1) is 0 Å². The van der Waals surface area contributed by atoms with Gasteiger partial charge in [0, 0.05) is 11.9 Å². The lowest BCUT2D eigenvalue weighted by molar-refractivity contribution is -0.138. The van der Waals surface area contributed by atoms with Crippen LogP contribution in [0.2, 0.25) is 5.02 Å². The smallest absolute Gasteiger partial charge is 0.322 e. The highest BCUT2D eigenvalue weighted by molar-refractivity contribution is 7.89. The molecule has 0 aliphatic heterocycles. The van der Waals surface area contributed by atoms with Gasteiger partial charge in [0.25, 0.3) is 0 Å². The van der Waals surface area contributed by atoms with Gasteiger partial charge in [0.1, 0.15) is 10.9 Å². The molecule has 0 spiro atoms. The van der Waals surface area contributed by atoms with Crippen LogP contribution in [0.25, 0.3) is 11.1 Å². The predicted octanol–water partition coefficient (Wildman–Crippen LogP) is 4.70. The fourth-order valence-electron chi connectivity index (χ4n) is 3.79. The third-order valence-electron chi connectivity index (χ3n) is 5.73. The molecule has 4 N–H and O–H groups in total. The maximum atomic E-state index is 12.7. The van der Waals surface area contributed by atoms with Crippen molar-refractivity contribution >= 4 is 39.3 Å². The number of urea groups is 1. The second kappa shape index (κ2) is 12.5. The van der Waals surface area contributed by atoms with E-state index in [0.29, 0.717) is 17.8 Å². The first-order valence-corrected chi connectivity index (χ1v) is 13.7. The molecule has 200 valence electrons. The number of sulfonamides is 1. The van der Waals surface area contributed by atoms with E-state index in [1.807, 2.05) is 30.3 Å². The third kappa shape index (κ3) is 7.64. The van der Waals surface area contributed by atoms with Crippen LogP contribution in [0.1, 0.15) is 11.3 Å². The van der Waals surface area contributed by atoms with Crippen molar-refractivity contribution in [2.24, 2.45) is 0 Å². The van der Waals surface area contributed by atoms with E-state index < -0.39 is 22.0 Å². The van der Waals surface area contributed by atoms with E-state index in [1.54, 1.807) is 48.7 Å². The molecule has 9 nitrogen and oxygen atoms in total. The Labute approximate surface area is 230 Å². The van der Waals surface area contributed by atoms with Gasteiger partial charge in [0.05, 0.1) is 17.3 Å². The van der Waals surface area contributed by atoms with Gasteiger partial charge in [-0.2, -0.15) is 4.72 Å². The molecule has 0 radical (unpaired) electrons. The number of rotatable bonds is 10. The van der Waals surface area contributed by atoms with Crippen molar-refractivity contribution in [1.29, 1.82) is 0 Å². The second-order valence-corrected chi connectivity index (χ2v) is 10.6. The van der Waals surface area contributed by atoms with Crippen LogP contribution in [-0.4, -0.2) is 36.6 Å². The molecule has 4 rings (SSSR count). The van der Waals surface area contributed by atoms with Crippen molar-refractivity contribution in [2.45, 2.75) is 23.9 Å². The quantitative estimate of drug-likeness (QED) is 0.220. The molecular formula is C28H25ClN4O5S. The fourth-order valence-corrected chi connectivity index (χ4v) is 5.50. The number of aromatic nitrogens is 1. The van der Waals surface area contributed by atoms with E-state index in [2.05, 4.69) is 20.3 Å². The Morgan fingerprint density at radius 3 is 2.33 bits per heavy atom. The zero-order chi connectivity index (χ0) is 27.8. The highest BCUT2D eigenvalue weighted by Crippen LogP contribution is 2.24. The van der Waals surface area contributed by atoms with Crippen molar-refractivity contribution < 1.29 is 23.1 Å². The zero-order valence-electron chi connectivity index (χ0n) is 20.5. The molecule has 0 saturated heterocycles. The van der Waals surface area contributed by atoms with E-state index in [0.717, 1.165) is 16.8 Å². The van der Waals surface area contributed by atoms with Crippen LogP contribution in [0.4, 0.5) is 10.5 Å². The standard InChI is InChI=1S/C28H25ClN4O5S/c29-24-9-1-2-10-26(24)39(37,38)33-25(27(34)35)16-19-11-13-20(14-12-19)21-6-5-8-22(17-21)32-28(36)31-18-23-7-3-4-15-30-23/h1-15,17,25,33H,16,18H2,(H,34,35)(H2,31,32,36)/t25-/m0/s1. The summed E-state index contributed by atoms with van der Waals surface area (Å²) < 4.78 is 27.7. The van der Waals surface area contributed by atoms with Gasteiger partial charge in [-0.3, -0.25) is 9.78 Å². The van der Waals surface area contributed by atoms with Crippen molar-refractivity contribution in [1.82, 2.24) is 15.0 Å². The summed E-state index contributed by atoms with van der Waals surface area (Å²) in [7, 11) is -4.15. The topological polar surface area (TPSA) is 137 Å². The highest BCUT2D eigenvalue weighted by atomic mass is 35.5. The number of benzene rings is 3. The Balaban J connectivity index is 1.40. The van der Waals surface area contributed by atoms with Gasteiger partial charge in [-0.25, -0.2) is 13.2 Å². The molecule has 4 aromatic rings. The molecule has 1 heterocycles. The number of amides is 2. The van der Waals surface area contributed by atoms with Gasteiger partial charge >= 0.3 is 12.0 Å². The molecular weight excluding hydrogens is 540 g/mol. The molecule has 0 fully saturated rings. The first-order valence-electron chi connectivity index (χ1n) is 11.8. The van der Waals surface area contributed by atoms with Crippen molar-refractivity contribution in [3.8, 4) is 11.1 Å². The number of carbonyl (C=O) groups excluding carboxylic acids is 1. The van der Waals surface area contributed by atoms with E-state index in [1.165, 1.54) is 18.2 Å². The van der Waals surface area contributed by atoms with E-state index in [-0.39, 0.29) is 22.4 Å². The molecule has 0 aliphatic rings. The SMILES string of the molecule is O=C(NCc1ccccn1)Nc1cccc(-c2ccc(C[C@H](NS(=O)(=O)c3ccccc3Cl)C(=O)O)cc2)c1. The first-order chi connectivity index (χ1) is 18.7. The molecule has 1 aromatic heterocycles. The first kappa shape index (κ1) is 27.8. The van der Waals surface area contributed by atoms with E-state index in [4.69, 9.17) is 11.6 Å². The Morgan fingerprint density at radius 2 is 1.64 bits per heavy atom. The number of anilines is 1. The number of hydrogen-bond donors (Lipinski definition) is 4. The number of carboxylic acids is 1. The largest absolute Gasteiger partial charge is 0.480 e. The van der Waals surface area contributed by atoms with Gasteiger partial charge in [-0.1, -0.05) is 66.2 Å². The Morgan fingerprint density at radius 1 is 0.897 bits per heavy atom. The number of pyridine rings is 1. The number of aliphatic carboxylic acids is 1. The van der Waals surface area contributed by atoms with Crippen LogP contribution < -0.4 is 15.4 Å². The van der Waals surface area contributed by atoms with Gasteiger partial charge in [0.2, 0.25) is 10.0 Å². The van der Waals surface area contributed by atoms with Crippen molar-refractivity contribution in [2.75, 3.05) is 5.32 Å². The van der Waals surface area contributed by atoms with Gasteiger partial charge in [0.15, 0.2) is 0 Å². The number of carbonyl (C=O) groups is 2. The molecule has 39 heavy (non-hydrogen) atoms. The summed E-state index contributed by atoms with van der Waals surface area (Å²) in [6, 6.07) is 23.9. The summed E-state index contributed by atoms with van der Waals surface area (Å²) in [5.74, 6) is -1.31. The summed E-state index contributed by atoms with van der Waals surface area (Å²) in [6.07, 6.45) is 1.59. The van der Waals surface area contributed by atoms with Gasteiger partial charge in [-0.05, 0) is 59.5 Å². The minimum atomic E-state index is -4.15. The molecule has 0 bridgehead atoms. The van der Waals surface area contributed by atoms with Gasteiger partial charge < -0.3 is 15.7 Å². The molecule has 0 saturated carbocycles. The van der Waals surface area contributed by atoms with E-state index in [9.17, 15) is 23.1 Å². The van der Waals surface area contributed by atoms with Crippen LogP contribution >= 0.6 is 11.6 Å². The van der Waals surface area contributed by atoms with Crippen LogP contribution in [-0.2, 0) is 27.8 Å². The average molecular weight is 565 g/mol. The maximum absolute atomic E-state index is 12.7. The lowest BCUT2D eigenvalue weighted by atomic mass is 10.0. The maximum Gasteiger partial charge on any atom is 0.322 e. The number of halogens is 1. The molecule has 0 aliphatic carbocycles. The molecule has 0 unspecified atom stereocenters. The Bertz CT molecular complexity index is 1560. The van der Waals surface area contributed by atoms with Crippen molar-refractivity contribution in [3.05, 3.63) is 113 Å². The van der Waals surface area contributed by atoms with Crippen LogP contribution in [0.3, 0.4) is 0 Å². The zero-order valence-corrected chi connectivity index (χ0v) is 22.1. The lowest BCUT2D eigenvalue weighted by Gasteiger charge is -2.16. The summed E-state index contributed by atoms with van der Waals surface area (Å²) >= 11 is 5.99. The molecule has 2 amide bonds.